The molecule has 0 saturated carbocycles. The van der Waals surface area contributed by atoms with Crippen molar-refractivity contribution in [3.63, 3.8) is 0 Å². The summed E-state index contributed by atoms with van der Waals surface area (Å²) < 4.78 is 32.6. The fraction of sp³-hybridized carbons (Fsp3) is 0.320. The Bertz CT molecular complexity index is 1260. The SMILES string of the molecule is CCOc1cc(C2C(C(=O)OC)=C(C)Nc3nc(SCC)nn32)ccc1OCc1ccccc1F. The maximum atomic E-state index is 14.1. The summed E-state index contributed by atoms with van der Waals surface area (Å²) in [5.41, 5.74) is 2.23. The summed E-state index contributed by atoms with van der Waals surface area (Å²) >= 11 is 1.51. The number of rotatable bonds is 9. The maximum absolute atomic E-state index is 14.1. The molecule has 1 N–H and O–H groups in total. The van der Waals surface area contributed by atoms with Crippen LogP contribution in [0.15, 0.2) is 58.9 Å². The minimum absolute atomic E-state index is 0.0523. The van der Waals surface area contributed by atoms with Crippen LogP contribution in [0.5, 0.6) is 11.5 Å². The number of thioether (sulfide) groups is 1. The first kappa shape index (κ1) is 24.6. The van der Waals surface area contributed by atoms with Crippen molar-refractivity contribution in [2.75, 3.05) is 24.8 Å². The van der Waals surface area contributed by atoms with Crippen LogP contribution in [0.4, 0.5) is 10.3 Å². The molecule has 1 unspecified atom stereocenters. The van der Waals surface area contributed by atoms with E-state index in [0.717, 1.165) is 11.3 Å². The number of anilines is 1. The van der Waals surface area contributed by atoms with Crippen molar-refractivity contribution in [1.82, 2.24) is 14.8 Å². The van der Waals surface area contributed by atoms with Crippen molar-refractivity contribution in [1.29, 1.82) is 0 Å². The Kier molecular flexibility index (Phi) is 7.60. The van der Waals surface area contributed by atoms with Crippen LogP contribution >= 0.6 is 11.8 Å². The average Bonchev–Trinajstić information content (AvgIpc) is 3.25. The number of methoxy groups -OCH3 is 1. The number of ether oxygens (including phenoxy) is 3. The first-order valence-corrected chi connectivity index (χ1v) is 12.2. The first-order valence-electron chi connectivity index (χ1n) is 11.2. The largest absolute Gasteiger partial charge is 0.490 e. The molecule has 0 fully saturated rings. The van der Waals surface area contributed by atoms with Crippen molar-refractivity contribution in [2.24, 2.45) is 0 Å². The van der Waals surface area contributed by atoms with Gasteiger partial charge in [-0.05, 0) is 43.4 Å². The number of hydrogen-bond acceptors (Lipinski definition) is 8. The molecule has 0 aliphatic carbocycles. The Labute approximate surface area is 207 Å². The van der Waals surface area contributed by atoms with Gasteiger partial charge in [0.25, 0.3) is 0 Å². The second-order valence-electron chi connectivity index (χ2n) is 7.67. The molecule has 0 radical (unpaired) electrons. The van der Waals surface area contributed by atoms with Gasteiger partial charge in [0.05, 0.1) is 19.3 Å². The molecule has 8 nitrogen and oxygen atoms in total. The highest BCUT2D eigenvalue weighted by atomic mass is 32.2. The summed E-state index contributed by atoms with van der Waals surface area (Å²) in [6.45, 7) is 6.14. The van der Waals surface area contributed by atoms with Crippen LogP contribution in [0.3, 0.4) is 0 Å². The Morgan fingerprint density at radius 2 is 1.97 bits per heavy atom. The lowest BCUT2D eigenvalue weighted by atomic mass is 9.95. The van der Waals surface area contributed by atoms with Gasteiger partial charge in [0, 0.05) is 11.3 Å². The molecule has 0 amide bonds. The number of nitrogens with zero attached hydrogens (tertiary/aromatic N) is 3. The molecular weight excluding hydrogens is 471 g/mol. The van der Waals surface area contributed by atoms with E-state index in [2.05, 4.69) is 15.4 Å². The van der Waals surface area contributed by atoms with Gasteiger partial charge in [0.15, 0.2) is 11.5 Å². The van der Waals surface area contributed by atoms with E-state index >= 15 is 0 Å². The van der Waals surface area contributed by atoms with Gasteiger partial charge in [-0.2, -0.15) is 4.98 Å². The van der Waals surface area contributed by atoms with E-state index in [9.17, 15) is 9.18 Å². The summed E-state index contributed by atoms with van der Waals surface area (Å²) in [6.07, 6.45) is 0. The quantitative estimate of drug-likeness (QED) is 0.327. The molecule has 1 atom stereocenters. The van der Waals surface area contributed by atoms with Crippen LogP contribution in [-0.2, 0) is 16.1 Å². The zero-order chi connectivity index (χ0) is 24.9. The summed E-state index contributed by atoms with van der Waals surface area (Å²) in [5, 5.41) is 8.40. The monoisotopic (exact) mass is 498 g/mol. The maximum Gasteiger partial charge on any atom is 0.338 e. The molecule has 1 aliphatic rings. The molecule has 0 spiro atoms. The Morgan fingerprint density at radius 3 is 2.69 bits per heavy atom. The van der Waals surface area contributed by atoms with Crippen molar-refractivity contribution >= 4 is 23.7 Å². The molecule has 184 valence electrons. The van der Waals surface area contributed by atoms with Crippen LogP contribution < -0.4 is 14.8 Å². The van der Waals surface area contributed by atoms with Crippen LogP contribution in [-0.4, -0.2) is 40.2 Å². The van der Waals surface area contributed by atoms with Gasteiger partial charge in [-0.25, -0.2) is 13.9 Å². The van der Waals surface area contributed by atoms with Crippen LogP contribution in [0.25, 0.3) is 0 Å². The molecule has 10 heteroatoms. The fourth-order valence-corrected chi connectivity index (χ4v) is 4.41. The lowest BCUT2D eigenvalue weighted by Crippen LogP contribution is -2.29. The summed E-state index contributed by atoms with van der Waals surface area (Å²) in [5.74, 6) is 1.49. The Hall–Kier alpha value is -3.53. The molecule has 2 aromatic carbocycles. The zero-order valence-electron chi connectivity index (χ0n) is 20.0. The van der Waals surface area contributed by atoms with Gasteiger partial charge in [-0.1, -0.05) is 43.0 Å². The summed E-state index contributed by atoms with van der Waals surface area (Å²) in [4.78, 5) is 17.4. The van der Waals surface area contributed by atoms with Crippen molar-refractivity contribution in [3.8, 4) is 11.5 Å². The van der Waals surface area contributed by atoms with E-state index in [1.165, 1.54) is 24.9 Å². The topological polar surface area (TPSA) is 87.5 Å². The molecule has 35 heavy (non-hydrogen) atoms. The highest BCUT2D eigenvalue weighted by molar-refractivity contribution is 7.99. The van der Waals surface area contributed by atoms with E-state index in [1.54, 1.807) is 35.9 Å². The third-order valence-electron chi connectivity index (χ3n) is 5.44. The average molecular weight is 499 g/mol. The molecular formula is C25H27FN4O4S. The minimum Gasteiger partial charge on any atom is -0.490 e. The number of carbonyl (C=O) groups is 1. The molecule has 3 aromatic rings. The zero-order valence-corrected chi connectivity index (χ0v) is 20.8. The van der Waals surface area contributed by atoms with E-state index in [0.29, 0.717) is 46.0 Å². The van der Waals surface area contributed by atoms with Gasteiger partial charge in [-0.3, -0.25) is 0 Å². The van der Waals surface area contributed by atoms with Gasteiger partial charge in [0.1, 0.15) is 18.5 Å². The third kappa shape index (κ3) is 5.12. The molecule has 0 saturated heterocycles. The smallest absolute Gasteiger partial charge is 0.338 e. The van der Waals surface area contributed by atoms with Gasteiger partial charge in [0.2, 0.25) is 11.1 Å². The van der Waals surface area contributed by atoms with Crippen molar-refractivity contribution < 1.29 is 23.4 Å². The van der Waals surface area contributed by atoms with Crippen LogP contribution in [0, 0.1) is 5.82 Å². The predicted molar refractivity (Wildman–Crippen MR) is 131 cm³/mol. The number of esters is 1. The molecule has 1 aliphatic heterocycles. The second-order valence-corrected chi connectivity index (χ2v) is 8.90. The normalized spacial score (nSPS) is 14.8. The van der Waals surface area contributed by atoms with Crippen LogP contribution in [0.2, 0.25) is 0 Å². The lowest BCUT2D eigenvalue weighted by Gasteiger charge is -2.28. The van der Waals surface area contributed by atoms with Crippen molar-refractivity contribution in [2.45, 2.75) is 38.6 Å². The van der Waals surface area contributed by atoms with Gasteiger partial charge >= 0.3 is 5.97 Å². The first-order chi connectivity index (χ1) is 17.0. The van der Waals surface area contributed by atoms with E-state index in [-0.39, 0.29) is 12.4 Å². The van der Waals surface area contributed by atoms with Gasteiger partial charge < -0.3 is 19.5 Å². The number of fused-ring (bicyclic) bond motifs is 1. The second kappa shape index (κ2) is 10.8. The minimum atomic E-state index is -0.586. The number of hydrogen-bond donors (Lipinski definition) is 1. The molecule has 4 rings (SSSR count). The fourth-order valence-electron chi connectivity index (χ4n) is 3.86. The Balaban J connectivity index is 1.74. The predicted octanol–water partition coefficient (Wildman–Crippen LogP) is 4.97. The summed E-state index contributed by atoms with van der Waals surface area (Å²) in [7, 11) is 1.35. The number of nitrogens with one attached hydrogen (secondary N) is 1. The Morgan fingerprint density at radius 1 is 1.17 bits per heavy atom. The van der Waals surface area contributed by atoms with Crippen LogP contribution in [0.1, 0.15) is 37.9 Å². The third-order valence-corrected chi connectivity index (χ3v) is 6.16. The molecule has 2 heterocycles. The highest BCUT2D eigenvalue weighted by Crippen LogP contribution is 2.40. The lowest BCUT2D eigenvalue weighted by molar-refractivity contribution is -0.136. The van der Waals surface area contributed by atoms with Gasteiger partial charge in [-0.15, -0.1) is 5.10 Å². The van der Waals surface area contributed by atoms with E-state index in [1.807, 2.05) is 26.0 Å². The van der Waals surface area contributed by atoms with E-state index in [4.69, 9.17) is 14.2 Å². The molecule has 1 aromatic heterocycles. The number of carbonyl (C=O) groups excluding carboxylic acids is 1. The number of benzene rings is 2. The number of allylic oxidation sites excluding steroid dienone is 1. The number of aromatic nitrogens is 3. The molecule has 0 bridgehead atoms. The van der Waals surface area contributed by atoms with Crippen molar-refractivity contribution in [3.05, 3.63) is 70.7 Å². The standard InChI is InChI=1S/C25H27FN4O4S/c1-5-33-20-13-16(11-12-19(20)34-14-17-9-7-8-10-18(17)26)22-21(23(31)32-4)15(3)27-24-28-25(35-6-2)29-30(22)24/h7-13,22H,5-6,14H2,1-4H3,(H,27,28,29). The number of halogens is 1. The summed E-state index contributed by atoms with van der Waals surface area (Å²) in [6, 6.07) is 11.3. The van der Waals surface area contributed by atoms with E-state index < -0.39 is 12.0 Å². The highest BCUT2D eigenvalue weighted by Gasteiger charge is 2.35.